The van der Waals surface area contributed by atoms with E-state index in [1.54, 1.807) is 6.20 Å². The monoisotopic (exact) mass is 418 g/mol. The normalized spacial score (nSPS) is 11.6. The van der Waals surface area contributed by atoms with Crippen molar-refractivity contribution in [3.63, 3.8) is 0 Å². The van der Waals surface area contributed by atoms with Crippen LogP contribution in [-0.2, 0) is 6.61 Å². The molecule has 0 aliphatic rings. The van der Waals surface area contributed by atoms with Crippen LogP contribution in [0.3, 0.4) is 0 Å². The predicted octanol–water partition coefficient (Wildman–Crippen LogP) is 6.21. The number of nitrogens with one attached hydrogen (secondary N) is 2. The molecule has 0 saturated carbocycles. The first-order chi connectivity index (χ1) is 15.8. The van der Waals surface area contributed by atoms with E-state index in [0.29, 0.717) is 6.61 Å². The maximum absolute atomic E-state index is 5.85. The summed E-state index contributed by atoms with van der Waals surface area (Å²) in [6.07, 6.45) is 11.8. The van der Waals surface area contributed by atoms with Gasteiger partial charge < -0.3 is 9.72 Å². The lowest BCUT2D eigenvalue weighted by Gasteiger charge is -2.06. The maximum atomic E-state index is 5.85. The number of aromatic amines is 2. The molecule has 0 aliphatic carbocycles. The molecule has 2 N–H and O–H groups in total. The molecule has 0 fully saturated rings. The molecule has 0 atom stereocenters. The van der Waals surface area contributed by atoms with E-state index in [1.807, 2.05) is 73.0 Å². The van der Waals surface area contributed by atoms with E-state index >= 15 is 0 Å². The van der Waals surface area contributed by atoms with Gasteiger partial charge in [-0.25, -0.2) is 0 Å². The highest BCUT2D eigenvalue weighted by molar-refractivity contribution is 5.83. The molecule has 0 radical (unpaired) electrons. The fourth-order valence-corrected chi connectivity index (χ4v) is 3.41. The third-order valence-corrected chi connectivity index (χ3v) is 5.07. The van der Waals surface area contributed by atoms with Crippen LogP contribution in [0.1, 0.15) is 28.2 Å². The summed E-state index contributed by atoms with van der Waals surface area (Å²) >= 11 is 0. The molecule has 156 valence electrons. The van der Waals surface area contributed by atoms with Crippen molar-refractivity contribution in [2.75, 3.05) is 0 Å². The number of hydrogen-bond donors (Lipinski definition) is 2. The number of benzene rings is 2. The quantitative estimate of drug-likeness (QED) is 0.330. The first-order valence-corrected chi connectivity index (χ1v) is 10.4. The van der Waals surface area contributed by atoms with Crippen LogP contribution in [0.2, 0.25) is 0 Å². The molecule has 0 saturated heterocycles. The van der Waals surface area contributed by atoms with Crippen molar-refractivity contribution in [2.24, 2.45) is 0 Å². The second kappa shape index (κ2) is 9.18. The van der Waals surface area contributed by atoms with Crippen molar-refractivity contribution in [1.82, 2.24) is 20.2 Å². The Kier molecular flexibility index (Phi) is 5.62. The third kappa shape index (κ3) is 4.84. The number of rotatable bonds is 7. The van der Waals surface area contributed by atoms with Crippen LogP contribution in [0, 0.1) is 0 Å². The molecule has 0 unspecified atom stereocenters. The van der Waals surface area contributed by atoms with Crippen LogP contribution in [0.25, 0.3) is 35.2 Å². The summed E-state index contributed by atoms with van der Waals surface area (Å²) < 4.78 is 5.85. The summed E-state index contributed by atoms with van der Waals surface area (Å²) in [4.78, 5) is 7.52. The van der Waals surface area contributed by atoms with E-state index in [0.717, 1.165) is 39.5 Å². The number of H-pyrrole nitrogens is 2. The molecule has 5 aromatic rings. The largest absolute Gasteiger partial charge is 0.487 e. The topological polar surface area (TPSA) is 66.6 Å². The Hall–Kier alpha value is -4.38. The fourth-order valence-electron chi connectivity index (χ4n) is 3.41. The van der Waals surface area contributed by atoms with Crippen LogP contribution in [0.5, 0.6) is 5.75 Å². The van der Waals surface area contributed by atoms with Crippen LogP contribution in [0.15, 0.2) is 85.2 Å². The Morgan fingerprint density at radius 2 is 1.75 bits per heavy atom. The second-order valence-electron chi connectivity index (χ2n) is 7.42. The summed E-state index contributed by atoms with van der Waals surface area (Å²) in [7, 11) is 0. The van der Waals surface area contributed by atoms with Crippen molar-refractivity contribution in [3.05, 3.63) is 113 Å². The molecular weight excluding hydrogens is 396 g/mol. The fraction of sp³-hybridized carbons (Fsp3) is 0.0370. The standard InChI is InChI=1S/C27H22N4O/c1-2-14-28-25(5-1)19-32-26-6-3-4-20(16-26)8-11-23-18-24(31-30-23)12-9-21-7-10-22-13-15-29-27(22)17-21/h1-18,29H,19H2,(H,30,31)/b11-8+,12-9+. The molecule has 3 heterocycles. The zero-order chi connectivity index (χ0) is 21.6. The lowest BCUT2D eigenvalue weighted by Crippen LogP contribution is -1.97. The number of nitrogens with zero attached hydrogens (tertiary/aromatic N) is 2. The minimum absolute atomic E-state index is 0.444. The van der Waals surface area contributed by atoms with Gasteiger partial charge in [0.15, 0.2) is 0 Å². The van der Waals surface area contributed by atoms with Gasteiger partial charge in [0.2, 0.25) is 0 Å². The van der Waals surface area contributed by atoms with Gasteiger partial charge in [-0.2, -0.15) is 5.10 Å². The lowest BCUT2D eigenvalue weighted by molar-refractivity contribution is 0.301. The number of aromatic nitrogens is 4. The Bertz CT molecular complexity index is 1380. The smallest absolute Gasteiger partial charge is 0.130 e. The van der Waals surface area contributed by atoms with Gasteiger partial charge in [-0.05, 0) is 71.1 Å². The average molecular weight is 419 g/mol. The van der Waals surface area contributed by atoms with Gasteiger partial charge >= 0.3 is 0 Å². The van der Waals surface area contributed by atoms with Crippen LogP contribution in [-0.4, -0.2) is 20.2 Å². The van der Waals surface area contributed by atoms with Gasteiger partial charge in [-0.1, -0.05) is 42.5 Å². The maximum Gasteiger partial charge on any atom is 0.130 e. The van der Waals surface area contributed by atoms with Gasteiger partial charge in [0, 0.05) is 17.9 Å². The summed E-state index contributed by atoms with van der Waals surface area (Å²) in [5, 5.41) is 8.65. The highest BCUT2D eigenvalue weighted by Crippen LogP contribution is 2.18. The molecule has 5 heteroatoms. The predicted molar refractivity (Wildman–Crippen MR) is 130 cm³/mol. The highest BCUT2D eigenvalue weighted by atomic mass is 16.5. The SMILES string of the molecule is C(=C\c1cc(/C=C/c2ccc3cc[nH]c3c2)[nH]n1)/c1cccc(OCc2ccccn2)c1. The van der Waals surface area contributed by atoms with Crippen molar-refractivity contribution < 1.29 is 4.74 Å². The average Bonchev–Trinajstić information content (AvgIpc) is 3.50. The summed E-state index contributed by atoms with van der Waals surface area (Å²) in [5.41, 5.74) is 6.02. The van der Waals surface area contributed by atoms with Crippen molar-refractivity contribution in [3.8, 4) is 5.75 Å². The molecule has 3 aromatic heterocycles. The Balaban J connectivity index is 1.22. The molecule has 0 bridgehead atoms. The zero-order valence-electron chi connectivity index (χ0n) is 17.4. The third-order valence-electron chi connectivity index (χ3n) is 5.07. The number of hydrogen-bond acceptors (Lipinski definition) is 3. The molecule has 5 nitrogen and oxygen atoms in total. The van der Waals surface area contributed by atoms with Gasteiger partial charge in [0.25, 0.3) is 0 Å². The second-order valence-corrected chi connectivity index (χ2v) is 7.42. The molecule has 2 aromatic carbocycles. The van der Waals surface area contributed by atoms with Gasteiger partial charge in [-0.15, -0.1) is 0 Å². The summed E-state index contributed by atoms with van der Waals surface area (Å²) in [5.74, 6) is 0.808. The van der Waals surface area contributed by atoms with Crippen LogP contribution in [0.4, 0.5) is 0 Å². The molecular formula is C27H22N4O. The minimum Gasteiger partial charge on any atom is -0.487 e. The van der Waals surface area contributed by atoms with E-state index in [4.69, 9.17) is 4.74 Å². The Morgan fingerprint density at radius 1 is 0.812 bits per heavy atom. The van der Waals surface area contributed by atoms with Crippen molar-refractivity contribution in [1.29, 1.82) is 0 Å². The molecule has 32 heavy (non-hydrogen) atoms. The zero-order valence-corrected chi connectivity index (χ0v) is 17.4. The highest BCUT2D eigenvalue weighted by Gasteiger charge is 1.99. The Morgan fingerprint density at radius 3 is 2.69 bits per heavy atom. The molecule has 5 rings (SSSR count). The van der Waals surface area contributed by atoms with Gasteiger partial charge in [0.05, 0.1) is 17.1 Å². The minimum atomic E-state index is 0.444. The van der Waals surface area contributed by atoms with E-state index in [-0.39, 0.29) is 0 Å². The molecule has 0 amide bonds. The number of ether oxygens (including phenoxy) is 1. The van der Waals surface area contributed by atoms with E-state index in [2.05, 4.69) is 50.5 Å². The molecule has 0 aliphatic heterocycles. The van der Waals surface area contributed by atoms with Gasteiger partial charge in [-0.3, -0.25) is 10.1 Å². The summed E-state index contributed by atoms with van der Waals surface area (Å²) in [6, 6.07) is 24.2. The van der Waals surface area contributed by atoms with E-state index in [1.165, 1.54) is 5.39 Å². The number of pyridine rings is 1. The van der Waals surface area contributed by atoms with E-state index in [9.17, 15) is 0 Å². The first kappa shape index (κ1) is 19.6. The lowest BCUT2D eigenvalue weighted by atomic mass is 10.1. The van der Waals surface area contributed by atoms with Crippen molar-refractivity contribution in [2.45, 2.75) is 6.61 Å². The summed E-state index contributed by atoms with van der Waals surface area (Å²) in [6.45, 7) is 0.444. The first-order valence-electron chi connectivity index (χ1n) is 10.4. The van der Waals surface area contributed by atoms with Crippen molar-refractivity contribution >= 4 is 35.2 Å². The van der Waals surface area contributed by atoms with Crippen LogP contribution >= 0.6 is 0 Å². The van der Waals surface area contributed by atoms with E-state index < -0.39 is 0 Å². The van der Waals surface area contributed by atoms with Crippen LogP contribution < -0.4 is 4.74 Å². The molecule has 0 spiro atoms. The number of fused-ring (bicyclic) bond motifs is 1. The van der Waals surface area contributed by atoms with Gasteiger partial charge in [0.1, 0.15) is 12.4 Å². The Labute approximate surface area is 186 Å².